The van der Waals surface area contributed by atoms with Crippen LogP contribution in [0, 0.1) is 5.41 Å². The van der Waals surface area contributed by atoms with E-state index in [1.165, 1.54) is 7.11 Å². The summed E-state index contributed by atoms with van der Waals surface area (Å²) in [7, 11) is 1.40. The third-order valence-corrected chi connectivity index (χ3v) is 7.46. The highest BCUT2D eigenvalue weighted by molar-refractivity contribution is 5.91. The zero-order valence-electron chi connectivity index (χ0n) is 20.1. The third-order valence-electron chi connectivity index (χ3n) is 7.46. The van der Waals surface area contributed by atoms with Crippen LogP contribution < -0.4 is 10.6 Å². The van der Waals surface area contributed by atoms with Crippen molar-refractivity contribution in [1.29, 1.82) is 0 Å². The Kier molecular flexibility index (Phi) is 7.12. The van der Waals surface area contributed by atoms with Gasteiger partial charge in [0.05, 0.1) is 12.0 Å². The predicted molar refractivity (Wildman–Crippen MR) is 130 cm³/mol. The monoisotopic (exact) mass is 480 g/mol. The predicted octanol–water partition coefficient (Wildman–Crippen LogP) is 3.69. The fourth-order valence-corrected chi connectivity index (χ4v) is 5.07. The SMILES string of the molecule is CCC(COC)(NC(=O)C1(CNC(=O)OCC2c3ccccc3-c3ccccc32)CCC1)C(=O)O. The van der Waals surface area contributed by atoms with Gasteiger partial charge in [0.15, 0.2) is 5.54 Å². The van der Waals surface area contributed by atoms with Gasteiger partial charge in [0.1, 0.15) is 6.61 Å². The lowest BCUT2D eigenvalue weighted by Gasteiger charge is -2.42. The summed E-state index contributed by atoms with van der Waals surface area (Å²) in [4.78, 5) is 37.6. The van der Waals surface area contributed by atoms with Crippen molar-refractivity contribution in [2.24, 2.45) is 5.41 Å². The van der Waals surface area contributed by atoms with E-state index in [0.29, 0.717) is 12.8 Å². The molecule has 1 atom stereocenters. The van der Waals surface area contributed by atoms with E-state index in [0.717, 1.165) is 28.7 Å². The molecule has 0 bridgehead atoms. The molecular weight excluding hydrogens is 448 g/mol. The number of fused-ring (bicyclic) bond motifs is 3. The number of benzene rings is 2. The zero-order chi connectivity index (χ0) is 25.1. The number of amides is 2. The largest absolute Gasteiger partial charge is 0.479 e. The van der Waals surface area contributed by atoms with Crippen molar-refractivity contribution in [3.63, 3.8) is 0 Å². The molecule has 2 aliphatic rings. The molecule has 2 aromatic rings. The smallest absolute Gasteiger partial charge is 0.407 e. The maximum atomic E-state index is 13.1. The van der Waals surface area contributed by atoms with E-state index in [9.17, 15) is 19.5 Å². The second-order valence-corrected chi connectivity index (χ2v) is 9.44. The van der Waals surface area contributed by atoms with Crippen molar-refractivity contribution >= 4 is 18.0 Å². The van der Waals surface area contributed by atoms with Crippen LogP contribution in [0.15, 0.2) is 48.5 Å². The zero-order valence-corrected chi connectivity index (χ0v) is 20.1. The van der Waals surface area contributed by atoms with Gasteiger partial charge in [-0.1, -0.05) is 61.9 Å². The molecule has 1 fully saturated rings. The molecular formula is C27H32N2O6. The Morgan fingerprint density at radius 3 is 2.14 bits per heavy atom. The summed E-state index contributed by atoms with van der Waals surface area (Å²) < 4.78 is 10.7. The van der Waals surface area contributed by atoms with Gasteiger partial charge in [-0.25, -0.2) is 9.59 Å². The Morgan fingerprint density at radius 1 is 1.06 bits per heavy atom. The molecule has 35 heavy (non-hydrogen) atoms. The number of hydrogen-bond acceptors (Lipinski definition) is 5. The summed E-state index contributed by atoms with van der Waals surface area (Å²) in [6.45, 7) is 1.82. The molecule has 186 valence electrons. The summed E-state index contributed by atoms with van der Waals surface area (Å²) in [6.07, 6.45) is 1.54. The molecule has 1 unspecified atom stereocenters. The molecule has 0 aromatic heterocycles. The van der Waals surface area contributed by atoms with Crippen molar-refractivity contribution in [1.82, 2.24) is 10.6 Å². The molecule has 2 amide bonds. The molecule has 8 heteroatoms. The Hall–Kier alpha value is -3.39. The van der Waals surface area contributed by atoms with Gasteiger partial charge in [-0.15, -0.1) is 0 Å². The highest BCUT2D eigenvalue weighted by atomic mass is 16.5. The first kappa shape index (κ1) is 24.7. The molecule has 3 N–H and O–H groups in total. The van der Waals surface area contributed by atoms with Gasteiger partial charge in [-0.3, -0.25) is 4.79 Å². The van der Waals surface area contributed by atoms with Gasteiger partial charge in [0, 0.05) is 19.6 Å². The Labute approximate surface area is 205 Å². The topological polar surface area (TPSA) is 114 Å². The number of carboxylic acid groups (broad SMARTS) is 1. The molecule has 2 aromatic carbocycles. The molecule has 0 spiro atoms. The molecule has 4 rings (SSSR count). The first-order chi connectivity index (χ1) is 16.9. The van der Waals surface area contributed by atoms with Gasteiger partial charge in [0.25, 0.3) is 0 Å². The Morgan fingerprint density at radius 2 is 1.66 bits per heavy atom. The fraction of sp³-hybridized carbons (Fsp3) is 0.444. The molecule has 2 aliphatic carbocycles. The number of methoxy groups -OCH3 is 1. The Balaban J connectivity index is 1.38. The standard InChI is InChI=1S/C27H32N2O6/c1-3-27(17-34-2,24(31)32)29-23(30)26(13-8-14-26)16-28-25(33)35-15-22-20-11-6-4-9-18(20)19-10-5-7-12-21(19)22/h4-7,9-12,22H,3,8,13-17H2,1-2H3,(H,28,33)(H,29,30)(H,31,32). The summed E-state index contributed by atoms with van der Waals surface area (Å²) in [5.41, 5.74) is 2.19. The van der Waals surface area contributed by atoms with Crippen molar-refractivity contribution in [2.75, 3.05) is 26.9 Å². The number of carboxylic acids is 1. The minimum Gasteiger partial charge on any atom is -0.479 e. The fourth-order valence-electron chi connectivity index (χ4n) is 5.07. The van der Waals surface area contributed by atoms with Crippen LogP contribution in [0.4, 0.5) is 4.79 Å². The van der Waals surface area contributed by atoms with Crippen molar-refractivity contribution in [3.05, 3.63) is 59.7 Å². The molecule has 0 heterocycles. The van der Waals surface area contributed by atoms with E-state index in [1.807, 2.05) is 24.3 Å². The average Bonchev–Trinajstić information content (AvgIpc) is 3.15. The number of carbonyl (C=O) groups excluding carboxylic acids is 2. The Bertz CT molecular complexity index is 1070. The quantitative estimate of drug-likeness (QED) is 0.478. The number of alkyl carbamates (subject to hydrolysis) is 1. The maximum Gasteiger partial charge on any atom is 0.407 e. The maximum absolute atomic E-state index is 13.1. The number of rotatable bonds is 10. The number of aliphatic carboxylic acids is 1. The summed E-state index contributed by atoms with van der Waals surface area (Å²) >= 11 is 0. The molecule has 1 saturated carbocycles. The highest BCUT2D eigenvalue weighted by Gasteiger charge is 2.49. The van der Waals surface area contributed by atoms with Crippen molar-refractivity contribution < 1.29 is 29.0 Å². The van der Waals surface area contributed by atoms with Crippen LogP contribution >= 0.6 is 0 Å². The minimum absolute atomic E-state index is 0.0520. The summed E-state index contributed by atoms with van der Waals surface area (Å²) in [5.74, 6) is -1.58. The lowest BCUT2D eigenvalue weighted by molar-refractivity contribution is -0.154. The van der Waals surface area contributed by atoms with Crippen molar-refractivity contribution in [3.8, 4) is 11.1 Å². The van der Waals surface area contributed by atoms with Gasteiger partial charge in [0.2, 0.25) is 5.91 Å². The van der Waals surface area contributed by atoms with Crippen LogP contribution in [-0.2, 0) is 19.1 Å². The lowest BCUT2D eigenvalue weighted by atomic mass is 9.67. The second kappa shape index (κ2) is 10.1. The van der Waals surface area contributed by atoms with E-state index in [-0.39, 0.29) is 38.0 Å². The van der Waals surface area contributed by atoms with Crippen LogP contribution in [0.2, 0.25) is 0 Å². The van der Waals surface area contributed by atoms with Gasteiger partial charge in [-0.05, 0) is 41.5 Å². The van der Waals surface area contributed by atoms with Gasteiger partial charge < -0.3 is 25.2 Å². The minimum atomic E-state index is -1.50. The molecule has 8 nitrogen and oxygen atoms in total. The normalized spacial score (nSPS) is 17.3. The summed E-state index contributed by atoms with van der Waals surface area (Å²) in [6, 6.07) is 16.2. The van der Waals surface area contributed by atoms with Gasteiger partial charge in [-0.2, -0.15) is 0 Å². The van der Waals surface area contributed by atoms with Crippen molar-refractivity contribution in [2.45, 2.75) is 44.1 Å². The van der Waals surface area contributed by atoms with E-state index >= 15 is 0 Å². The third kappa shape index (κ3) is 4.62. The van der Waals surface area contributed by atoms with Crippen LogP contribution in [-0.4, -0.2) is 55.5 Å². The lowest BCUT2D eigenvalue weighted by Crippen LogP contribution is -2.63. The van der Waals surface area contributed by atoms with E-state index in [2.05, 4.69) is 34.9 Å². The van der Waals surface area contributed by atoms with Crippen LogP contribution in [0.3, 0.4) is 0 Å². The number of hydrogen-bond donors (Lipinski definition) is 3. The number of carbonyl (C=O) groups is 3. The van der Waals surface area contributed by atoms with Crippen LogP contribution in [0.25, 0.3) is 11.1 Å². The van der Waals surface area contributed by atoms with Crippen LogP contribution in [0.1, 0.15) is 49.7 Å². The highest BCUT2D eigenvalue weighted by Crippen LogP contribution is 2.44. The average molecular weight is 481 g/mol. The second-order valence-electron chi connectivity index (χ2n) is 9.44. The molecule has 0 aliphatic heterocycles. The number of ether oxygens (including phenoxy) is 2. The van der Waals surface area contributed by atoms with Crippen LogP contribution in [0.5, 0.6) is 0 Å². The number of nitrogens with one attached hydrogen (secondary N) is 2. The molecule has 0 radical (unpaired) electrons. The van der Waals surface area contributed by atoms with E-state index < -0.39 is 23.0 Å². The van der Waals surface area contributed by atoms with Gasteiger partial charge >= 0.3 is 12.1 Å². The summed E-state index contributed by atoms with van der Waals surface area (Å²) in [5, 5.41) is 15.1. The first-order valence-electron chi connectivity index (χ1n) is 12.0. The van der Waals surface area contributed by atoms with E-state index in [4.69, 9.17) is 9.47 Å². The first-order valence-corrected chi connectivity index (χ1v) is 12.0. The molecule has 0 saturated heterocycles. The van der Waals surface area contributed by atoms with E-state index in [1.54, 1.807) is 6.92 Å².